The summed E-state index contributed by atoms with van der Waals surface area (Å²) in [6, 6.07) is 5.66. The number of aryl methyl sites for hydroxylation is 1. The molecule has 1 aromatic carbocycles. The zero-order chi connectivity index (χ0) is 18.4. The molecule has 1 aliphatic heterocycles. The van der Waals surface area contributed by atoms with Crippen LogP contribution in [-0.2, 0) is 16.1 Å². The summed E-state index contributed by atoms with van der Waals surface area (Å²) in [5.74, 6) is -0.411. The summed E-state index contributed by atoms with van der Waals surface area (Å²) in [6.45, 7) is 3.25. The molecular formula is C17H21FN6O2. The maximum Gasteiger partial charge on any atom is 0.238 e. The van der Waals surface area contributed by atoms with E-state index in [0.717, 1.165) is 0 Å². The van der Waals surface area contributed by atoms with Crippen molar-refractivity contribution in [1.29, 1.82) is 0 Å². The van der Waals surface area contributed by atoms with Crippen LogP contribution >= 0.6 is 0 Å². The molecule has 0 spiro atoms. The third kappa shape index (κ3) is 5.09. The van der Waals surface area contributed by atoms with Crippen molar-refractivity contribution in [3.8, 4) is 0 Å². The minimum absolute atomic E-state index is 0.0795. The Morgan fingerprint density at radius 3 is 2.50 bits per heavy atom. The number of rotatable bonds is 6. The van der Waals surface area contributed by atoms with Crippen LogP contribution < -0.4 is 5.32 Å². The van der Waals surface area contributed by atoms with Crippen LogP contribution in [0.25, 0.3) is 0 Å². The van der Waals surface area contributed by atoms with Crippen LogP contribution in [0.15, 0.2) is 36.9 Å². The summed E-state index contributed by atoms with van der Waals surface area (Å²) in [6.07, 6.45) is 3.42. The first-order valence-electron chi connectivity index (χ1n) is 8.48. The van der Waals surface area contributed by atoms with Crippen molar-refractivity contribution < 1.29 is 14.0 Å². The van der Waals surface area contributed by atoms with Gasteiger partial charge in [0.25, 0.3) is 0 Å². The number of aromatic nitrogens is 3. The number of hydrogen-bond donors (Lipinski definition) is 1. The number of benzene rings is 1. The van der Waals surface area contributed by atoms with E-state index in [2.05, 4.69) is 15.4 Å². The highest BCUT2D eigenvalue weighted by Gasteiger charge is 2.22. The maximum absolute atomic E-state index is 12.9. The van der Waals surface area contributed by atoms with Crippen molar-refractivity contribution in [3.63, 3.8) is 0 Å². The van der Waals surface area contributed by atoms with Crippen LogP contribution in [0.5, 0.6) is 0 Å². The molecule has 0 bridgehead atoms. The van der Waals surface area contributed by atoms with Crippen molar-refractivity contribution in [2.45, 2.75) is 13.0 Å². The molecule has 1 aromatic heterocycles. The molecule has 26 heavy (non-hydrogen) atoms. The molecule has 8 nitrogen and oxygen atoms in total. The first-order valence-corrected chi connectivity index (χ1v) is 8.48. The first-order chi connectivity index (χ1) is 12.6. The minimum atomic E-state index is -0.340. The van der Waals surface area contributed by atoms with Crippen molar-refractivity contribution in [2.24, 2.45) is 0 Å². The zero-order valence-electron chi connectivity index (χ0n) is 14.3. The lowest BCUT2D eigenvalue weighted by Gasteiger charge is -2.34. The molecule has 0 aliphatic carbocycles. The number of nitrogens with one attached hydrogen (secondary N) is 1. The topological polar surface area (TPSA) is 83.4 Å². The predicted molar refractivity (Wildman–Crippen MR) is 92.7 cm³/mol. The lowest BCUT2D eigenvalue weighted by atomic mass is 10.2. The largest absolute Gasteiger partial charge is 0.340 e. The second-order valence-electron chi connectivity index (χ2n) is 6.12. The molecule has 0 unspecified atom stereocenters. The van der Waals surface area contributed by atoms with E-state index >= 15 is 0 Å². The standard InChI is InChI=1S/C17H21FN6O2/c18-14-1-3-15(4-2-14)21-16(25)11-22-7-9-23(10-8-22)17(26)5-6-24-13-19-12-20-24/h1-4,12-13H,5-11H2,(H,21,25). The predicted octanol–water partition coefficient (Wildman–Crippen LogP) is 0.590. The molecule has 2 heterocycles. The zero-order valence-corrected chi connectivity index (χ0v) is 14.3. The number of nitrogens with zero attached hydrogens (tertiary/aromatic N) is 5. The third-order valence-corrected chi connectivity index (χ3v) is 4.24. The first kappa shape index (κ1) is 18.0. The van der Waals surface area contributed by atoms with Crippen LogP contribution in [-0.4, -0.2) is 69.1 Å². The molecule has 2 amide bonds. The van der Waals surface area contributed by atoms with E-state index in [0.29, 0.717) is 44.8 Å². The highest BCUT2D eigenvalue weighted by molar-refractivity contribution is 5.92. The summed E-state index contributed by atoms with van der Waals surface area (Å²) in [5, 5.41) is 6.72. The Balaban J connectivity index is 1.38. The van der Waals surface area contributed by atoms with Crippen molar-refractivity contribution in [1.82, 2.24) is 24.6 Å². The summed E-state index contributed by atoms with van der Waals surface area (Å²) in [7, 11) is 0. The molecule has 9 heteroatoms. The van der Waals surface area contributed by atoms with Gasteiger partial charge in [-0.05, 0) is 24.3 Å². The van der Waals surface area contributed by atoms with Gasteiger partial charge >= 0.3 is 0 Å². The average molecular weight is 360 g/mol. The Labute approximate surface area is 150 Å². The van der Waals surface area contributed by atoms with Gasteiger partial charge in [0, 0.05) is 38.3 Å². The Kier molecular flexibility index (Phi) is 5.90. The fraction of sp³-hybridized carbons (Fsp3) is 0.412. The minimum Gasteiger partial charge on any atom is -0.340 e. The molecule has 0 radical (unpaired) electrons. The van der Waals surface area contributed by atoms with E-state index in [4.69, 9.17) is 0 Å². The molecule has 0 atom stereocenters. The van der Waals surface area contributed by atoms with Crippen LogP contribution in [0, 0.1) is 5.82 Å². The molecule has 3 rings (SSSR count). The lowest BCUT2D eigenvalue weighted by Crippen LogP contribution is -2.50. The Bertz CT molecular complexity index is 726. The van der Waals surface area contributed by atoms with Gasteiger partial charge in [0.1, 0.15) is 18.5 Å². The Morgan fingerprint density at radius 2 is 1.85 bits per heavy atom. The number of carbonyl (C=O) groups excluding carboxylic acids is 2. The summed E-state index contributed by atoms with van der Waals surface area (Å²) < 4.78 is 14.5. The smallest absolute Gasteiger partial charge is 0.238 e. The van der Waals surface area contributed by atoms with Crippen LogP contribution in [0.3, 0.4) is 0 Å². The fourth-order valence-electron chi connectivity index (χ4n) is 2.81. The Morgan fingerprint density at radius 1 is 1.12 bits per heavy atom. The second kappa shape index (κ2) is 8.52. The van der Waals surface area contributed by atoms with E-state index in [1.807, 2.05) is 9.80 Å². The molecule has 1 fully saturated rings. The molecule has 1 N–H and O–H groups in total. The maximum atomic E-state index is 12.9. The SMILES string of the molecule is O=C(CN1CCN(C(=O)CCn2cncn2)CC1)Nc1ccc(F)cc1. The number of piperazine rings is 1. The number of amides is 2. The van der Waals surface area contributed by atoms with Crippen LogP contribution in [0.4, 0.5) is 10.1 Å². The van der Waals surface area contributed by atoms with Crippen LogP contribution in [0.1, 0.15) is 6.42 Å². The highest BCUT2D eigenvalue weighted by Crippen LogP contribution is 2.09. The van der Waals surface area contributed by atoms with E-state index in [1.165, 1.54) is 30.6 Å². The average Bonchev–Trinajstić information content (AvgIpc) is 3.16. The monoisotopic (exact) mass is 360 g/mol. The number of carbonyl (C=O) groups is 2. The number of anilines is 1. The molecule has 0 saturated carbocycles. The number of hydrogen-bond acceptors (Lipinski definition) is 5. The van der Waals surface area contributed by atoms with Crippen molar-refractivity contribution >= 4 is 17.5 Å². The highest BCUT2D eigenvalue weighted by atomic mass is 19.1. The summed E-state index contributed by atoms with van der Waals surface area (Å²) in [5.41, 5.74) is 0.568. The van der Waals surface area contributed by atoms with Gasteiger partial charge in [-0.25, -0.2) is 9.37 Å². The van der Waals surface area contributed by atoms with Gasteiger partial charge in [-0.1, -0.05) is 0 Å². The van der Waals surface area contributed by atoms with Crippen molar-refractivity contribution in [3.05, 3.63) is 42.7 Å². The van der Waals surface area contributed by atoms with E-state index in [9.17, 15) is 14.0 Å². The molecule has 1 saturated heterocycles. The van der Waals surface area contributed by atoms with E-state index in [-0.39, 0.29) is 24.2 Å². The molecule has 138 valence electrons. The van der Waals surface area contributed by atoms with Crippen molar-refractivity contribution in [2.75, 3.05) is 38.0 Å². The molecule has 2 aromatic rings. The van der Waals surface area contributed by atoms with Crippen LogP contribution in [0.2, 0.25) is 0 Å². The lowest BCUT2D eigenvalue weighted by molar-refractivity contribution is -0.133. The molecule has 1 aliphatic rings. The Hall–Kier alpha value is -2.81. The normalized spacial score (nSPS) is 15.0. The van der Waals surface area contributed by atoms with Gasteiger partial charge in [-0.2, -0.15) is 5.10 Å². The third-order valence-electron chi connectivity index (χ3n) is 4.24. The summed E-state index contributed by atoms with van der Waals surface area (Å²) in [4.78, 5) is 32.0. The summed E-state index contributed by atoms with van der Waals surface area (Å²) >= 11 is 0. The second-order valence-corrected chi connectivity index (χ2v) is 6.12. The molecular weight excluding hydrogens is 339 g/mol. The van der Waals surface area contributed by atoms with Gasteiger partial charge in [0.15, 0.2) is 0 Å². The fourth-order valence-corrected chi connectivity index (χ4v) is 2.81. The van der Waals surface area contributed by atoms with Gasteiger partial charge in [-0.15, -0.1) is 0 Å². The number of halogens is 1. The quantitative estimate of drug-likeness (QED) is 0.815. The van der Waals surface area contributed by atoms with Gasteiger partial charge in [-0.3, -0.25) is 19.2 Å². The van der Waals surface area contributed by atoms with Gasteiger partial charge in [0.05, 0.1) is 13.1 Å². The van der Waals surface area contributed by atoms with Gasteiger partial charge < -0.3 is 10.2 Å². The van der Waals surface area contributed by atoms with E-state index < -0.39 is 0 Å². The van der Waals surface area contributed by atoms with E-state index in [1.54, 1.807) is 11.0 Å². The van der Waals surface area contributed by atoms with Gasteiger partial charge in [0.2, 0.25) is 11.8 Å².